The molecule has 1 saturated carbocycles. The van der Waals surface area contributed by atoms with E-state index in [4.69, 9.17) is 25.6 Å². The van der Waals surface area contributed by atoms with Gasteiger partial charge in [-0.1, -0.05) is 24.2 Å². The Hall–Kier alpha value is -1.14. The number of H-pyrrole nitrogens is 1. The first-order valence-electron chi connectivity index (χ1n) is 11.6. The quantitative estimate of drug-likeness (QED) is 0.224. The second kappa shape index (κ2) is 11.5. The molecule has 1 aromatic heterocycles. The molecule has 3 N–H and O–H groups in total. The van der Waals surface area contributed by atoms with Crippen LogP contribution in [0.2, 0.25) is 0 Å². The molecule has 198 valence electrons. The van der Waals surface area contributed by atoms with Crippen LogP contribution in [0.3, 0.4) is 0 Å². The third-order valence-corrected chi connectivity index (χ3v) is 10.9. The highest BCUT2D eigenvalue weighted by molar-refractivity contribution is 8.56. The molecule has 0 aromatic carbocycles. The lowest BCUT2D eigenvalue weighted by Crippen LogP contribution is -2.43. The van der Waals surface area contributed by atoms with Crippen molar-refractivity contribution in [2.75, 3.05) is 6.61 Å². The summed E-state index contributed by atoms with van der Waals surface area (Å²) in [6.07, 6.45) is 1.26. The highest BCUT2D eigenvalue weighted by Gasteiger charge is 2.54. The Morgan fingerprint density at radius 3 is 2.66 bits per heavy atom. The van der Waals surface area contributed by atoms with Crippen molar-refractivity contribution < 1.29 is 28.5 Å². The summed E-state index contributed by atoms with van der Waals surface area (Å²) in [5.74, 6) is -0.557. The Bertz CT molecular complexity index is 1060. The zero-order valence-electron chi connectivity index (χ0n) is 20.1. The van der Waals surface area contributed by atoms with Crippen molar-refractivity contribution in [3.63, 3.8) is 0 Å². The first-order chi connectivity index (χ1) is 16.3. The van der Waals surface area contributed by atoms with Crippen molar-refractivity contribution in [2.24, 2.45) is 0 Å². The summed E-state index contributed by atoms with van der Waals surface area (Å²) in [7, 11) is 0. The molecule has 0 radical (unpaired) electrons. The molecule has 35 heavy (non-hydrogen) atoms. The number of aliphatic hydroxyl groups excluding tert-OH is 1. The molecular formula is C21H33ClN3O8PS. The minimum absolute atomic E-state index is 0.0989. The summed E-state index contributed by atoms with van der Waals surface area (Å²) in [5.41, 5.74) is -1.33. The zero-order chi connectivity index (χ0) is 26.0. The van der Waals surface area contributed by atoms with Crippen molar-refractivity contribution in [3.8, 4) is 0 Å². The molecule has 11 nitrogen and oxygen atoms in total. The smallest absolute Gasteiger partial charge is 0.330 e. The minimum atomic E-state index is -3.63. The van der Waals surface area contributed by atoms with Gasteiger partial charge < -0.3 is 19.1 Å². The highest BCUT2D eigenvalue weighted by Crippen LogP contribution is 2.61. The van der Waals surface area contributed by atoms with E-state index in [2.05, 4.69) is 10.1 Å². The molecule has 1 aromatic rings. The van der Waals surface area contributed by atoms with Gasteiger partial charge in [-0.15, -0.1) is 11.6 Å². The number of ether oxygens (including phenoxy) is 2. The van der Waals surface area contributed by atoms with E-state index in [9.17, 15) is 24.1 Å². The summed E-state index contributed by atoms with van der Waals surface area (Å²) < 4.78 is 31.7. The number of hydrogen-bond donors (Lipinski definition) is 3. The minimum Gasteiger partial charge on any atom is -0.462 e. The SMILES string of the molecule is CC(C)OC(=O)[C@H](C)N[P@](=O)(OC[C@H]1O[C@@H](n2ccc(=O)[nH]c2=O)[C@](C)(Cl)[C@@H]1O)SC1CCCC1. The van der Waals surface area contributed by atoms with E-state index in [1.165, 1.54) is 13.1 Å². The van der Waals surface area contributed by atoms with Gasteiger partial charge in [-0.3, -0.25) is 23.7 Å². The molecule has 14 heteroatoms. The van der Waals surface area contributed by atoms with Crippen molar-refractivity contribution in [1.82, 2.24) is 14.6 Å². The van der Waals surface area contributed by atoms with Crippen LogP contribution < -0.4 is 16.3 Å². The highest BCUT2D eigenvalue weighted by atomic mass is 35.5. The number of rotatable bonds is 10. The molecule has 0 bridgehead atoms. The molecule has 1 aliphatic heterocycles. The maximum atomic E-state index is 13.8. The Labute approximate surface area is 212 Å². The van der Waals surface area contributed by atoms with Crippen LogP contribution in [-0.4, -0.2) is 61.7 Å². The van der Waals surface area contributed by atoms with Crippen molar-refractivity contribution in [1.29, 1.82) is 0 Å². The average Bonchev–Trinajstić information content (AvgIpc) is 3.33. The molecule has 2 heterocycles. The van der Waals surface area contributed by atoms with Gasteiger partial charge in [-0.25, -0.2) is 9.88 Å². The molecule has 1 aliphatic carbocycles. The predicted octanol–water partition coefficient (Wildman–Crippen LogP) is 2.52. The fraction of sp³-hybridized carbons (Fsp3) is 0.762. The van der Waals surface area contributed by atoms with E-state index in [0.29, 0.717) is 0 Å². The number of aliphatic hydroxyl groups is 1. The van der Waals surface area contributed by atoms with Gasteiger partial charge in [-0.2, -0.15) is 0 Å². The van der Waals surface area contributed by atoms with E-state index in [-0.39, 0.29) is 18.0 Å². The second-order valence-electron chi connectivity index (χ2n) is 9.28. The maximum Gasteiger partial charge on any atom is 0.330 e. The summed E-state index contributed by atoms with van der Waals surface area (Å²) in [5, 5.41) is 13.7. The number of esters is 1. The van der Waals surface area contributed by atoms with Gasteiger partial charge in [0.05, 0.1) is 12.7 Å². The maximum absolute atomic E-state index is 13.8. The Morgan fingerprint density at radius 2 is 2.06 bits per heavy atom. The Balaban J connectivity index is 1.75. The molecule has 0 unspecified atom stereocenters. The molecule has 0 amide bonds. The number of hydrogen-bond acceptors (Lipinski definition) is 9. The summed E-state index contributed by atoms with van der Waals surface area (Å²) >= 11 is 7.71. The molecule has 2 aliphatic rings. The van der Waals surface area contributed by atoms with E-state index in [1.807, 2.05) is 0 Å². The first-order valence-corrected chi connectivity index (χ1v) is 15.1. The number of carbonyl (C=O) groups excluding carboxylic acids is 1. The van der Waals surface area contributed by atoms with E-state index in [0.717, 1.165) is 47.7 Å². The number of alkyl halides is 1. The lowest BCUT2D eigenvalue weighted by molar-refractivity contribution is -0.149. The van der Waals surface area contributed by atoms with Crippen LogP contribution in [0.5, 0.6) is 0 Å². The van der Waals surface area contributed by atoms with Gasteiger partial charge in [0.1, 0.15) is 23.1 Å². The van der Waals surface area contributed by atoms with Gasteiger partial charge in [0, 0.05) is 17.5 Å². The molecular weight excluding hydrogens is 521 g/mol. The second-order valence-corrected chi connectivity index (χ2v) is 14.6. The van der Waals surface area contributed by atoms with Crippen LogP contribution in [-0.2, 0) is 23.4 Å². The number of carbonyl (C=O) groups is 1. The third kappa shape index (κ3) is 7.00. The lowest BCUT2D eigenvalue weighted by Gasteiger charge is -2.27. The van der Waals surface area contributed by atoms with Gasteiger partial charge in [0.2, 0.25) is 0 Å². The van der Waals surface area contributed by atoms with Crippen LogP contribution in [0.25, 0.3) is 0 Å². The summed E-state index contributed by atoms with van der Waals surface area (Å²) in [4.78, 5) is 36.7. The number of aromatic nitrogens is 2. The largest absolute Gasteiger partial charge is 0.462 e. The van der Waals surface area contributed by atoms with Crippen LogP contribution >= 0.6 is 29.7 Å². The Kier molecular flexibility index (Phi) is 9.34. The van der Waals surface area contributed by atoms with Crippen molar-refractivity contribution in [3.05, 3.63) is 33.1 Å². The topological polar surface area (TPSA) is 149 Å². The Morgan fingerprint density at radius 1 is 1.40 bits per heavy atom. The summed E-state index contributed by atoms with van der Waals surface area (Å²) in [6.45, 7) is 2.54. The molecule has 1 saturated heterocycles. The molecule has 2 fully saturated rings. The fourth-order valence-corrected chi connectivity index (χ4v) is 9.23. The van der Waals surface area contributed by atoms with Crippen LogP contribution in [0.1, 0.15) is 59.6 Å². The third-order valence-electron chi connectivity index (χ3n) is 5.88. The van der Waals surface area contributed by atoms with E-state index >= 15 is 0 Å². The summed E-state index contributed by atoms with van der Waals surface area (Å²) in [6, 6.07) is 0.249. The normalized spacial score (nSPS) is 29.9. The van der Waals surface area contributed by atoms with Crippen LogP contribution in [0.15, 0.2) is 21.9 Å². The molecule has 6 atom stereocenters. The standard InChI is InChI=1S/C21H33ClN3O8PS/c1-12(2)32-18(28)13(3)24-34(30,35-14-7-5-6-8-14)31-11-15-17(27)21(4,22)19(33-15)25-10-9-16(26)23-20(25)29/h9-10,12-15,17,19,27H,5-8,11H2,1-4H3,(H,24,30)(H,23,26,29)/t13-,15+,17+,19+,21+,34-/m0/s1. The van der Waals surface area contributed by atoms with Gasteiger partial charge >= 0.3 is 18.4 Å². The average molecular weight is 554 g/mol. The molecule has 3 rings (SSSR count). The number of halogens is 1. The fourth-order valence-electron chi connectivity index (χ4n) is 4.05. The van der Waals surface area contributed by atoms with Gasteiger partial charge in [0.15, 0.2) is 6.23 Å². The van der Waals surface area contributed by atoms with Gasteiger partial charge in [-0.05, 0) is 40.5 Å². The predicted molar refractivity (Wildman–Crippen MR) is 133 cm³/mol. The number of aromatic amines is 1. The van der Waals surface area contributed by atoms with E-state index in [1.54, 1.807) is 20.8 Å². The number of nitrogens with one attached hydrogen (secondary N) is 2. The number of nitrogens with zero attached hydrogens (tertiary/aromatic N) is 1. The van der Waals surface area contributed by atoms with Crippen LogP contribution in [0.4, 0.5) is 0 Å². The van der Waals surface area contributed by atoms with E-state index < -0.39 is 53.3 Å². The van der Waals surface area contributed by atoms with Crippen molar-refractivity contribution in [2.45, 2.75) is 94.1 Å². The van der Waals surface area contributed by atoms with Crippen LogP contribution in [0, 0.1) is 0 Å². The zero-order valence-corrected chi connectivity index (χ0v) is 22.6. The van der Waals surface area contributed by atoms with Crippen molar-refractivity contribution >= 4 is 35.7 Å². The lowest BCUT2D eigenvalue weighted by atomic mass is 10.0. The molecule has 0 spiro atoms. The monoisotopic (exact) mass is 553 g/mol. The first kappa shape index (κ1) is 28.4. The van der Waals surface area contributed by atoms with Gasteiger partial charge in [0.25, 0.3) is 5.56 Å².